The van der Waals surface area contributed by atoms with Crippen molar-refractivity contribution in [1.82, 2.24) is 0 Å². The molecule has 1 aromatic carbocycles. The number of ether oxygens (including phenoxy) is 2. The summed E-state index contributed by atoms with van der Waals surface area (Å²) in [7, 11) is 0. The predicted molar refractivity (Wildman–Crippen MR) is 74.4 cm³/mol. The average molecular weight is 258 g/mol. The largest absolute Gasteiger partial charge is 0.485 e. The molecule has 1 atom stereocenters. The van der Waals surface area contributed by atoms with Gasteiger partial charge < -0.3 is 9.47 Å². The van der Waals surface area contributed by atoms with E-state index in [0.29, 0.717) is 24.4 Å². The zero-order chi connectivity index (χ0) is 13.8. The number of carbonyl (C=O) groups is 1. The zero-order valence-corrected chi connectivity index (χ0v) is 11.3. The lowest BCUT2D eigenvalue weighted by Gasteiger charge is -2.09. The second kappa shape index (κ2) is 5.74. The highest BCUT2D eigenvalue weighted by Gasteiger charge is 2.30. The van der Waals surface area contributed by atoms with E-state index in [1.165, 1.54) is 5.56 Å². The molecular formula is C16H18O3. The van der Waals surface area contributed by atoms with Gasteiger partial charge in [-0.2, -0.15) is 0 Å². The van der Waals surface area contributed by atoms with Gasteiger partial charge in [0.05, 0.1) is 12.2 Å². The fraction of sp³-hybridized carbons (Fsp3) is 0.312. The summed E-state index contributed by atoms with van der Waals surface area (Å²) in [5.41, 5.74) is 2.66. The van der Waals surface area contributed by atoms with Crippen LogP contribution in [-0.4, -0.2) is 18.7 Å². The molecule has 1 aliphatic heterocycles. The highest BCUT2D eigenvalue weighted by Crippen LogP contribution is 2.33. The highest BCUT2D eigenvalue weighted by atomic mass is 16.5. The third-order valence-electron chi connectivity index (χ3n) is 3.05. The van der Waals surface area contributed by atoms with Crippen LogP contribution in [0.25, 0.3) is 5.76 Å². The molecule has 100 valence electrons. The van der Waals surface area contributed by atoms with Crippen LogP contribution in [0.3, 0.4) is 0 Å². The Balaban J connectivity index is 2.35. The molecular weight excluding hydrogens is 240 g/mol. The van der Waals surface area contributed by atoms with Crippen LogP contribution in [0.15, 0.2) is 42.5 Å². The van der Waals surface area contributed by atoms with Crippen molar-refractivity contribution >= 4 is 11.7 Å². The number of esters is 1. The Kier molecular flexibility index (Phi) is 4.05. The minimum absolute atomic E-state index is 0.157. The van der Waals surface area contributed by atoms with Crippen LogP contribution in [0.4, 0.5) is 0 Å². The van der Waals surface area contributed by atoms with Crippen LogP contribution in [0.1, 0.15) is 24.5 Å². The Bertz CT molecular complexity index is 511. The van der Waals surface area contributed by atoms with Crippen molar-refractivity contribution in [3.05, 3.63) is 53.6 Å². The molecule has 1 heterocycles. The van der Waals surface area contributed by atoms with Gasteiger partial charge in [0, 0.05) is 12.0 Å². The lowest BCUT2D eigenvalue weighted by Crippen LogP contribution is -2.08. The molecule has 2 rings (SSSR count). The molecule has 0 bridgehead atoms. The fourth-order valence-electron chi connectivity index (χ4n) is 2.03. The van der Waals surface area contributed by atoms with E-state index >= 15 is 0 Å². The third kappa shape index (κ3) is 2.87. The number of hydrogen-bond donors (Lipinski definition) is 0. The van der Waals surface area contributed by atoms with E-state index in [1.54, 1.807) is 13.0 Å². The van der Waals surface area contributed by atoms with Crippen LogP contribution < -0.4 is 0 Å². The van der Waals surface area contributed by atoms with Crippen LogP contribution in [0.2, 0.25) is 0 Å². The van der Waals surface area contributed by atoms with E-state index < -0.39 is 0 Å². The molecule has 0 saturated heterocycles. The maximum Gasteiger partial charge on any atom is 0.337 e. The molecule has 0 aromatic heterocycles. The van der Waals surface area contributed by atoms with Crippen LogP contribution in [0, 0.1) is 6.92 Å². The fourth-order valence-corrected chi connectivity index (χ4v) is 2.03. The molecule has 0 aliphatic carbocycles. The predicted octanol–water partition coefficient (Wildman–Crippen LogP) is 3.24. The number of hydrogen-bond acceptors (Lipinski definition) is 3. The maximum absolute atomic E-state index is 12.0. The second-order valence-corrected chi connectivity index (χ2v) is 4.49. The topological polar surface area (TPSA) is 35.5 Å². The van der Waals surface area contributed by atoms with Crippen molar-refractivity contribution < 1.29 is 14.3 Å². The smallest absolute Gasteiger partial charge is 0.337 e. The molecule has 1 unspecified atom stereocenters. The lowest BCUT2D eigenvalue weighted by atomic mass is 10.1. The van der Waals surface area contributed by atoms with Gasteiger partial charge in [-0.1, -0.05) is 42.5 Å². The lowest BCUT2D eigenvalue weighted by molar-refractivity contribution is -0.138. The van der Waals surface area contributed by atoms with Gasteiger partial charge in [0.25, 0.3) is 0 Å². The third-order valence-corrected chi connectivity index (χ3v) is 3.05. The number of carbonyl (C=O) groups excluding carboxylic acids is 1. The molecule has 0 saturated carbocycles. The molecule has 3 heteroatoms. The van der Waals surface area contributed by atoms with Crippen molar-refractivity contribution in [3.8, 4) is 0 Å². The summed E-state index contributed by atoms with van der Waals surface area (Å²) in [5.74, 6) is 0.311. The molecule has 0 N–H and O–H groups in total. The summed E-state index contributed by atoms with van der Waals surface area (Å²) >= 11 is 0. The molecule has 1 aromatic rings. The summed E-state index contributed by atoms with van der Waals surface area (Å²) in [6.45, 7) is 7.90. The first-order valence-electron chi connectivity index (χ1n) is 6.42. The molecule has 3 nitrogen and oxygen atoms in total. The van der Waals surface area contributed by atoms with E-state index in [9.17, 15) is 4.79 Å². The average Bonchev–Trinajstić information content (AvgIpc) is 2.84. The van der Waals surface area contributed by atoms with Gasteiger partial charge in [-0.25, -0.2) is 4.79 Å². The summed E-state index contributed by atoms with van der Waals surface area (Å²) < 4.78 is 10.9. The molecule has 0 fully saturated rings. The first-order valence-corrected chi connectivity index (χ1v) is 6.42. The van der Waals surface area contributed by atoms with E-state index in [1.807, 2.05) is 31.2 Å². The van der Waals surface area contributed by atoms with Gasteiger partial charge in [-0.15, -0.1) is 0 Å². The minimum Gasteiger partial charge on any atom is -0.485 e. The molecule has 0 amide bonds. The minimum atomic E-state index is -0.303. The quantitative estimate of drug-likeness (QED) is 0.614. The van der Waals surface area contributed by atoms with E-state index in [-0.39, 0.29) is 12.1 Å². The van der Waals surface area contributed by atoms with Crippen LogP contribution >= 0.6 is 0 Å². The second-order valence-electron chi connectivity index (χ2n) is 4.49. The van der Waals surface area contributed by atoms with Gasteiger partial charge in [0.15, 0.2) is 0 Å². The maximum atomic E-state index is 12.0. The Hall–Kier alpha value is -2.03. The van der Waals surface area contributed by atoms with Gasteiger partial charge in [-0.05, 0) is 13.8 Å². The molecule has 1 aliphatic rings. The van der Waals surface area contributed by atoms with E-state index in [2.05, 4.69) is 6.58 Å². The Morgan fingerprint density at radius 2 is 2.16 bits per heavy atom. The number of aryl methyl sites for hydroxylation is 1. The van der Waals surface area contributed by atoms with Gasteiger partial charge in [-0.3, -0.25) is 0 Å². The SMILES string of the molecule is C=CC1CC(C(=O)OCC)=C(c2ccc(C)cc2)O1. The van der Waals surface area contributed by atoms with Crippen LogP contribution in [0.5, 0.6) is 0 Å². The first-order chi connectivity index (χ1) is 9.15. The number of benzene rings is 1. The van der Waals surface area contributed by atoms with Crippen molar-refractivity contribution in [2.24, 2.45) is 0 Å². The van der Waals surface area contributed by atoms with Crippen LogP contribution in [-0.2, 0) is 14.3 Å². The van der Waals surface area contributed by atoms with Gasteiger partial charge in [0.2, 0.25) is 0 Å². The Morgan fingerprint density at radius 1 is 1.47 bits per heavy atom. The summed E-state index contributed by atoms with van der Waals surface area (Å²) in [6.07, 6.45) is 2.07. The van der Waals surface area contributed by atoms with Crippen molar-refractivity contribution in [3.63, 3.8) is 0 Å². The van der Waals surface area contributed by atoms with Gasteiger partial charge >= 0.3 is 5.97 Å². The monoisotopic (exact) mass is 258 g/mol. The van der Waals surface area contributed by atoms with E-state index in [0.717, 1.165) is 5.56 Å². The Morgan fingerprint density at radius 3 is 2.74 bits per heavy atom. The first kappa shape index (κ1) is 13.4. The standard InChI is InChI=1S/C16H18O3/c1-4-13-10-14(16(17)18-5-2)15(19-13)12-8-6-11(3)7-9-12/h4,6-9,13H,1,5,10H2,2-3H3. The molecule has 19 heavy (non-hydrogen) atoms. The van der Waals surface area contributed by atoms with Gasteiger partial charge in [0.1, 0.15) is 11.9 Å². The zero-order valence-electron chi connectivity index (χ0n) is 11.3. The molecule has 0 radical (unpaired) electrons. The van der Waals surface area contributed by atoms with Crippen molar-refractivity contribution in [2.75, 3.05) is 6.61 Å². The van der Waals surface area contributed by atoms with Crippen molar-refractivity contribution in [1.29, 1.82) is 0 Å². The van der Waals surface area contributed by atoms with E-state index in [4.69, 9.17) is 9.47 Å². The molecule has 0 spiro atoms. The normalized spacial score (nSPS) is 18.1. The number of rotatable bonds is 4. The van der Waals surface area contributed by atoms with Crippen molar-refractivity contribution in [2.45, 2.75) is 26.4 Å². The summed E-state index contributed by atoms with van der Waals surface area (Å²) in [5, 5.41) is 0. The summed E-state index contributed by atoms with van der Waals surface area (Å²) in [6, 6.07) is 7.90. The summed E-state index contributed by atoms with van der Waals surface area (Å²) in [4.78, 5) is 12.0. The Labute approximate surface area is 113 Å². The highest BCUT2D eigenvalue weighted by molar-refractivity contribution is 5.97.